The Hall–Kier alpha value is -3.96. The number of carbonyl (C=O) groups is 1. The molecule has 3 aromatic carbocycles. The second kappa shape index (κ2) is 9.45. The van der Waals surface area contributed by atoms with Gasteiger partial charge in [-0.3, -0.25) is 5.10 Å². The molecule has 32 heavy (non-hydrogen) atoms. The summed E-state index contributed by atoms with van der Waals surface area (Å²) in [7, 11) is 0. The van der Waals surface area contributed by atoms with Crippen LogP contribution in [0.1, 0.15) is 41.2 Å². The lowest BCUT2D eigenvalue weighted by Gasteiger charge is -2.17. The Morgan fingerprint density at radius 2 is 1.78 bits per heavy atom. The van der Waals surface area contributed by atoms with Crippen LogP contribution in [0.5, 0.6) is 0 Å². The lowest BCUT2D eigenvalue weighted by atomic mass is 9.87. The molecule has 5 heteroatoms. The molecule has 0 saturated heterocycles. The van der Waals surface area contributed by atoms with Crippen molar-refractivity contribution in [3.05, 3.63) is 107 Å². The molecule has 3 N–H and O–H groups in total. The highest BCUT2D eigenvalue weighted by Gasteiger charge is 2.14. The summed E-state index contributed by atoms with van der Waals surface area (Å²) in [6, 6.07) is 22.1. The number of hydrogen-bond acceptors (Lipinski definition) is 3. The molecule has 1 aromatic heterocycles. The van der Waals surface area contributed by atoms with Crippen LogP contribution in [0.4, 0.5) is 0 Å². The summed E-state index contributed by atoms with van der Waals surface area (Å²) in [5.74, 6) is -0.972. The second-order valence-electron chi connectivity index (χ2n) is 7.53. The van der Waals surface area contributed by atoms with Crippen molar-refractivity contribution in [2.24, 2.45) is 0 Å². The third kappa shape index (κ3) is 4.53. The van der Waals surface area contributed by atoms with Gasteiger partial charge >= 0.3 is 5.97 Å². The third-order valence-electron chi connectivity index (χ3n) is 5.46. The zero-order chi connectivity index (χ0) is 22.5. The Kier molecular flexibility index (Phi) is 6.29. The molecule has 0 saturated carbocycles. The molecule has 0 fully saturated rings. The number of benzene rings is 3. The van der Waals surface area contributed by atoms with Crippen molar-refractivity contribution in [3.8, 4) is 0 Å². The zero-order valence-corrected chi connectivity index (χ0v) is 17.7. The molecular weight excluding hydrogens is 400 g/mol. The van der Waals surface area contributed by atoms with Crippen LogP contribution in [0, 0.1) is 0 Å². The van der Waals surface area contributed by atoms with Crippen LogP contribution in [-0.2, 0) is 11.4 Å². The van der Waals surface area contributed by atoms with Gasteiger partial charge < -0.3 is 10.2 Å². The first kappa shape index (κ1) is 21.3. The average Bonchev–Trinajstić information content (AvgIpc) is 3.29. The number of carboxylic acids is 1. The van der Waals surface area contributed by atoms with E-state index in [-0.39, 0.29) is 6.61 Å². The number of rotatable bonds is 7. The number of carboxylic acid groups (broad SMARTS) is 1. The minimum absolute atomic E-state index is 0.00818. The predicted molar refractivity (Wildman–Crippen MR) is 128 cm³/mol. The molecule has 1 heterocycles. The van der Waals surface area contributed by atoms with Gasteiger partial charge in [0, 0.05) is 11.5 Å². The standard InChI is InChI=1S/C27H24N2O3/c1-2-24(21-5-3-4-19(14-21)17-30)27(22-11-12-25-23(15-22)16-28-29-25)20-9-6-18(7-10-20)8-13-26(31)32/h3-16,30H,2,17H2,1H3,(H,28,29)(H,31,32)/b13-8+,27-24+. The van der Waals surface area contributed by atoms with Gasteiger partial charge in [-0.25, -0.2) is 4.79 Å². The average molecular weight is 425 g/mol. The van der Waals surface area contributed by atoms with Gasteiger partial charge in [0.1, 0.15) is 0 Å². The normalized spacial score (nSPS) is 12.3. The first-order chi connectivity index (χ1) is 15.6. The van der Waals surface area contributed by atoms with E-state index in [9.17, 15) is 9.90 Å². The van der Waals surface area contributed by atoms with E-state index in [2.05, 4.69) is 35.3 Å². The maximum absolute atomic E-state index is 10.8. The third-order valence-corrected chi connectivity index (χ3v) is 5.46. The van der Waals surface area contributed by atoms with Crippen molar-refractivity contribution >= 4 is 34.1 Å². The van der Waals surface area contributed by atoms with Gasteiger partial charge in [0.15, 0.2) is 0 Å². The smallest absolute Gasteiger partial charge is 0.328 e. The highest BCUT2D eigenvalue weighted by Crippen LogP contribution is 2.36. The summed E-state index contributed by atoms with van der Waals surface area (Å²) in [6.07, 6.45) is 5.33. The molecule has 0 aliphatic heterocycles. The SMILES string of the molecule is CC/C(=C(/c1ccc(/C=C/C(=O)O)cc1)c1ccc2[nH]ncc2c1)c1cccc(CO)c1. The fourth-order valence-electron chi connectivity index (χ4n) is 3.92. The molecule has 0 aliphatic carbocycles. The maximum atomic E-state index is 10.8. The number of fused-ring (bicyclic) bond motifs is 1. The molecular formula is C27H24N2O3. The minimum atomic E-state index is -0.972. The molecule has 0 atom stereocenters. The molecule has 0 spiro atoms. The quantitative estimate of drug-likeness (QED) is 0.269. The number of hydrogen-bond donors (Lipinski definition) is 3. The predicted octanol–water partition coefficient (Wildman–Crippen LogP) is 5.52. The van der Waals surface area contributed by atoms with Crippen LogP contribution in [0.25, 0.3) is 28.1 Å². The topological polar surface area (TPSA) is 86.2 Å². The van der Waals surface area contributed by atoms with Crippen molar-refractivity contribution < 1.29 is 15.0 Å². The van der Waals surface area contributed by atoms with Gasteiger partial charge in [-0.15, -0.1) is 0 Å². The summed E-state index contributed by atoms with van der Waals surface area (Å²) >= 11 is 0. The lowest BCUT2D eigenvalue weighted by Crippen LogP contribution is -1.96. The minimum Gasteiger partial charge on any atom is -0.478 e. The Balaban J connectivity index is 1.91. The number of nitrogens with one attached hydrogen (secondary N) is 1. The molecule has 160 valence electrons. The van der Waals surface area contributed by atoms with Gasteiger partial charge in [0.2, 0.25) is 0 Å². The number of aliphatic carboxylic acids is 1. The summed E-state index contributed by atoms with van der Waals surface area (Å²) in [6.45, 7) is 2.12. The molecule has 0 aliphatic rings. The molecule has 0 amide bonds. The van der Waals surface area contributed by atoms with Gasteiger partial charge in [0.05, 0.1) is 18.3 Å². The van der Waals surface area contributed by atoms with Crippen molar-refractivity contribution in [3.63, 3.8) is 0 Å². The Morgan fingerprint density at radius 3 is 2.50 bits per heavy atom. The summed E-state index contributed by atoms with van der Waals surface area (Å²) in [5.41, 5.74) is 8.09. The highest BCUT2D eigenvalue weighted by atomic mass is 16.4. The summed E-state index contributed by atoms with van der Waals surface area (Å²) < 4.78 is 0. The second-order valence-corrected chi connectivity index (χ2v) is 7.53. The van der Waals surface area contributed by atoms with E-state index in [1.54, 1.807) is 6.08 Å². The zero-order valence-electron chi connectivity index (χ0n) is 17.7. The van der Waals surface area contributed by atoms with Crippen LogP contribution < -0.4 is 0 Å². The first-order valence-corrected chi connectivity index (χ1v) is 10.5. The van der Waals surface area contributed by atoms with Gasteiger partial charge in [-0.05, 0) is 69.7 Å². The van der Waals surface area contributed by atoms with Crippen LogP contribution in [0.2, 0.25) is 0 Å². The molecule has 0 unspecified atom stereocenters. The van der Waals surface area contributed by atoms with Crippen LogP contribution >= 0.6 is 0 Å². The Morgan fingerprint density at radius 1 is 1.00 bits per heavy atom. The van der Waals surface area contributed by atoms with E-state index in [1.165, 1.54) is 0 Å². The van der Waals surface area contributed by atoms with Crippen molar-refractivity contribution in [2.75, 3.05) is 0 Å². The molecule has 4 rings (SSSR count). The fourth-order valence-corrected chi connectivity index (χ4v) is 3.92. The summed E-state index contributed by atoms with van der Waals surface area (Å²) in [5, 5.41) is 26.7. The number of allylic oxidation sites excluding steroid dienone is 1. The van der Waals surface area contributed by atoms with Crippen molar-refractivity contribution in [1.82, 2.24) is 10.2 Å². The highest BCUT2D eigenvalue weighted by molar-refractivity contribution is 6.00. The molecule has 0 bridgehead atoms. The lowest BCUT2D eigenvalue weighted by molar-refractivity contribution is -0.131. The monoisotopic (exact) mass is 424 g/mol. The number of nitrogens with zero attached hydrogens (tertiary/aromatic N) is 1. The number of H-pyrrole nitrogens is 1. The number of aromatic nitrogens is 2. The van der Waals surface area contributed by atoms with E-state index >= 15 is 0 Å². The molecule has 5 nitrogen and oxygen atoms in total. The number of aromatic amines is 1. The molecule has 4 aromatic rings. The number of aliphatic hydroxyl groups is 1. The van der Waals surface area contributed by atoms with Crippen LogP contribution in [0.3, 0.4) is 0 Å². The summed E-state index contributed by atoms with van der Waals surface area (Å²) in [4.78, 5) is 10.8. The number of aliphatic hydroxyl groups excluding tert-OH is 1. The maximum Gasteiger partial charge on any atom is 0.328 e. The Bertz CT molecular complexity index is 1310. The van der Waals surface area contributed by atoms with Gasteiger partial charge in [-0.2, -0.15) is 5.10 Å². The van der Waals surface area contributed by atoms with E-state index in [4.69, 9.17) is 5.11 Å². The van der Waals surface area contributed by atoms with Gasteiger partial charge in [0.25, 0.3) is 0 Å². The van der Waals surface area contributed by atoms with E-state index in [1.807, 2.05) is 54.7 Å². The first-order valence-electron chi connectivity index (χ1n) is 10.5. The van der Waals surface area contributed by atoms with E-state index < -0.39 is 5.97 Å². The Labute approximate surface area is 186 Å². The van der Waals surface area contributed by atoms with E-state index in [0.717, 1.165) is 62.4 Å². The van der Waals surface area contributed by atoms with Crippen LogP contribution in [-0.4, -0.2) is 26.4 Å². The largest absolute Gasteiger partial charge is 0.478 e. The van der Waals surface area contributed by atoms with E-state index in [0.29, 0.717) is 0 Å². The van der Waals surface area contributed by atoms with Crippen molar-refractivity contribution in [1.29, 1.82) is 0 Å². The molecule has 0 radical (unpaired) electrons. The fraction of sp³-hybridized carbons (Fsp3) is 0.111. The van der Waals surface area contributed by atoms with Gasteiger partial charge in [-0.1, -0.05) is 55.5 Å². The van der Waals surface area contributed by atoms with Crippen molar-refractivity contribution in [2.45, 2.75) is 20.0 Å². The van der Waals surface area contributed by atoms with Crippen LogP contribution in [0.15, 0.2) is 79.0 Å².